The Balaban J connectivity index is 2.15. The first-order chi connectivity index (χ1) is 8.65. The number of carbonyl (C=O) groups is 1. The minimum absolute atomic E-state index is 0.150. The van der Waals surface area contributed by atoms with Crippen molar-refractivity contribution in [2.24, 2.45) is 5.92 Å². The second-order valence-corrected chi connectivity index (χ2v) is 5.18. The van der Waals surface area contributed by atoms with Gasteiger partial charge >= 0.3 is 0 Å². The summed E-state index contributed by atoms with van der Waals surface area (Å²) in [4.78, 5) is 11.7. The van der Waals surface area contributed by atoms with Gasteiger partial charge in [-0.1, -0.05) is 18.5 Å². The molecule has 4 heteroatoms. The van der Waals surface area contributed by atoms with Gasteiger partial charge in [0, 0.05) is 18.8 Å². The highest BCUT2D eigenvalue weighted by Gasteiger charge is 2.29. The molecule has 0 radical (unpaired) electrons. The van der Waals surface area contributed by atoms with Crippen molar-refractivity contribution in [1.82, 2.24) is 5.32 Å². The average Bonchev–Trinajstić information content (AvgIpc) is 3.21. The van der Waals surface area contributed by atoms with Crippen LogP contribution in [0.1, 0.15) is 36.5 Å². The molecule has 1 aromatic carbocycles. The van der Waals surface area contributed by atoms with Crippen LogP contribution in [0.4, 0.5) is 5.69 Å². The zero-order chi connectivity index (χ0) is 13.1. The smallest absolute Gasteiger partial charge is 0.252 e. The molecule has 98 valence electrons. The molecule has 1 fully saturated rings. The number of anilines is 1. The number of rotatable bonds is 5. The zero-order valence-corrected chi connectivity index (χ0v) is 11.6. The fourth-order valence-corrected chi connectivity index (χ4v) is 2.39. The molecule has 1 aliphatic carbocycles. The Morgan fingerprint density at radius 2 is 2.22 bits per heavy atom. The molecule has 0 aliphatic heterocycles. The molecule has 2 N–H and O–H groups in total. The van der Waals surface area contributed by atoms with Gasteiger partial charge in [0.25, 0.3) is 5.91 Å². The SMILES string of the molecule is CCC(Nc1ccc(Cl)c(C(=O)NC)c1)C1CC1. The molecule has 1 aliphatic rings. The van der Waals surface area contributed by atoms with E-state index in [1.807, 2.05) is 12.1 Å². The van der Waals surface area contributed by atoms with Crippen LogP contribution in [0.25, 0.3) is 0 Å². The van der Waals surface area contributed by atoms with Gasteiger partial charge < -0.3 is 10.6 Å². The van der Waals surface area contributed by atoms with Crippen LogP contribution in [0.5, 0.6) is 0 Å². The average molecular weight is 267 g/mol. The Hall–Kier alpha value is -1.22. The predicted octanol–water partition coefficient (Wildman–Crippen LogP) is 3.30. The maximum atomic E-state index is 11.7. The van der Waals surface area contributed by atoms with Crippen molar-refractivity contribution >= 4 is 23.2 Å². The Labute approximate surface area is 113 Å². The normalized spacial score (nSPS) is 16.2. The van der Waals surface area contributed by atoms with Crippen LogP contribution in [-0.4, -0.2) is 19.0 Å². The molecule has 0 aromatic heterocycles. The van der Waals surface area contributed by atoms with Crippen molar-refractivity contribution in [2.45, 2.75) is 32.2 Å². The third-order valence-electron chi connectivity index (χ3n) is 3.42. The summed E-state index contributed by atoms with van der Waals surface area (Å²) in [6.45, 7) is 2.19. The first-order valence-electron chi connectivity index (χ1n) is 6.44. The van der Waals surface area contributed by atoms with E-state index < -0.39 is 0 Å². The number of nitrogens with one attached hydrogen (secondary N) is 2. The van der Waals surface area contributed by atoms with E-state index in [0.717, 1.165) is 18.0 Å². The van der Waals surface area contributed by atoms with Crippen LogP contribution in [0.3, 0.4) is 0 Å². The summed E-state index contributed by atoms with van der Waals surface area (Å²) in [7, 11) is 1.61. The summed E-state index contributed by atoms with van der Waals surface area (Å²) in [5.41, 5.74) is 1.49. The minimum Gasteiger partial charge on any atom is -0.382 e. The molecule has 0 bridgehead atoms. The third-order valence-corrected chi connectivity index (χ3v) is 3.75. The van der Waals surface area contributed by atoms with Gasteiger partial charge in [-0.15, -0.1) is 0 Å². The summed E-state index contributed by atoms with van der Waals surface area (Å²) in [6.07, 6.45) is 3.71. The van der Waals surface area contributed by atoms with Gasteiger partial charge in [-0.3, -0.25) is 4.79 Å². The first kappa shape index (κ1) is 13.2. The van der Waals surface area contributed by atoms with Crippen molar-refractivity contribution in [3.8, 4) is 0 Å². The lowest BCUT2D eigenvalue weighted by Gasteiger charge is -2.18. The summed E-state index contributed by atoms with van der Waals surface area (Å²) in [6, 6.07) is 6.03. The molecule has 1 unspecified atom stereocenters. The lowest BCUT2D eigenvalue weighted by Crippen LogP contribution is -2.22. The van der Waals surface area contributed by atoms with Crippen LogP contribution >= 0.6 is 11.6 Å². The maximum absolute atomic E-state index is 11.7. The van der Waals surface area contributed by atoms with Crippen molar-refractivity contribution < 1.29 is 4.79 Å². The van der Waals surface area contributed by atoms with Gasteiger partial charge in [0.05, 0.1) is 10.6 Å². The van der Waals surface area contributed by atoms with E-state index in [0.29, 0.717) is 16.6 Å². The van der Waals surface area contributed by atoms with Crippen molar-refractivity contribution in [3.05, 3.63) is 28.8 Å². The van der Waals surface area contributed by atoms with Crippen molar-refractivity contribution in [1.29, 1.82) is 0 Å². The van der Waals surface area contributed by atoms with Gasteiger partial charge in [-0.25, -0.2) is 0 Å². The number of carbonyl (C=O) groups excluding carboxylic acids is 1. The first-order valence-corrected chi connectivity index (χ1v) is 6.81. The molecule has 18 heavy (non-hydrogen) atoms. The molecule has 0 heterocycles. The Bertz CT molecular complexity index is 443. The molecule has 0 spiro atoms. The van der Waals surface area contributed by atoms with E-state index in [1.165, 1.54) is 12.8 Å². The fraction of sp³-hybridized carbons (Fsp3) is 0.500. The highest BCUT2D eigenvalue weighted by molar-refractivity contribution is 6.34. The molecule has 1 saturated carbocycles. The molecule has 2 rings (SSSR count). The largest absolute Gasteiger partial charge is 0.382 e. The standard InChI is InChI=1S/C14H19ClN2O/c1-3-13(9-4-5-9)17-10-6-7-12(15)11(8-10)14(18)16-2/h6-9,13,17H,3-5H2,1-2H3,(H,16,18). The highest BCUT2D eigenvalue weighted by Crippen LogP contribution is 2.35. The quantitative estimate of drug-likeness (QED) is 0.859. The fourth-order valence-electron chi connectivity index (χ4n) is 2.19. The van der Waals surface area contributed by atoms with Crippen molar-refractivity contribution in [3.63, 3.8) is 0 Å². The van der Waals surface area contributed by atoms with Crippen molar-refractivity contribution in [2.75, 3.05) is 12.4 Å². The summed E-state index contributed by atoms with van der Waals surface area (Å²) in [5, 5.41) is 6.58. The number of hydrogen-bond acceptors (Lipinski definition) is 2. The monoisotopic (exact) mass is 266 g/mol. The van der Waals surface area contributed by atoms with Gasteiger partial charge in [0.1, 0.15) is 0 Å². The van der Waals surface area contributed by atoms with E-state index in [1.54, 1.807) is 13.1 Å². The predicted molar refractivity (Wildman–Crippen MR) is 75.3 cm³/mol. The highest BCUT2D eigenvalue weighted by atomic mass is 35.5. The van der Waals surface area contributed by atoms with Gasteiger partial charge in [-0.2, -0.15) is 0 Å². The number of halogens is 1. The molecular weight excluding hydrogens is 248 g/mol. The zero-order valence-electron chi connectivity index (χ0n) is 10.8. The molecular formula is C14H19ClN2O. The number of hydrogen-bond donors (Lipinski definition) is 2. The van der Waals surface area contributed by atoms with E-state index in [-0.39, 0.29) is 5.91 Å². The molecule has 0 saturated heterocycles. The Morgan fingerprint density at radius 1 is 1.50 bits per heavy atom. The van der Waals surface area contributed by atoms with Crippen LogP contribution < -0.4 is 10.6 Å². The van der Waals surface area contributed by atoms with Crippen LogP contribution in [0.15, 0.2) is 18.2 Å². The number of amides is 1. The molecule has 1 aromatic rings. The summed E-state index contributed by atoms with van der Waals surface area (Å²) < 4.78 is 0. The van der Waals surface area contributed by atoms with Gasteiger partial charge in [0.2, 0.25) is 0 Å². The Morgan fingerprint density at radius 3 is 2.78 bits per heavy atom. The second kappa shape index (κ2) is 5.61. The third kappa shape index (κ3) is 2.96. The molecule has 1 atom stereocenters. The maximum Gasteiger partial charge on any atom is 0.252 e. The molecule has 1 amide bonds. The lowest BCUT2D eigenvalue weighted by molar-refractivity contribution is 0.0963. The van der Waals surface area contributed by atoms with Crippen LogP contribution in [0, 0.1) is 5.92 Å². The van der Waals surface area contributed by atoms with E-state index >= 15 is 0 Å². The van der Waals surface area contributed by atoms with Crippen LogP contribution in [0.2, 0.25) is 5.02 Å². The van der Waals surface area contributed by atoms with Gasteiger partial charge in [-0.05, 0) is 43.4 Å². The van der Waals surface area contributed by atoms with E-state index in [9.17, 15) is 4.79 Å². The molecule has 3 nitrogen and oxygen atoms in total. The minimum atomic E-state index is -0.150. The van der Waals surface area contributed by atoms with Gasteiger partial charge in [0.15, 0.2) is 0 Å². The lowest BCUT2D eigenvalue weighted by atomic mass is 10.1. The number of benzene rings is 1. The summed E-state index contributed by atoms with van der Waals surface area (Å²) in [5.74, 6) is 0.636. The summed E-state index contributed by atoms with van der Waals surface area (Å²) >= 11 is 6.03. The topological polar surface area (TPSA) is 41.1 Å². The second-order valence-electron chi connectivity index (χ2n) is 4.77. The van der Waals surface area contributed by atoms with E-state index in [2.05, 4.69) is 17.6 Å². The Kier molecular flexibility index (Phi) is 4.12. The van der Waals surface area contributed by atoms with Crippen LogP contribution in [-0.2, 0) is 0 Å². The van der Waals surface area contributed by atoms with E-state index in [4.69, 9.17) is 11.6 Å².